The lowest BCUT2D eigenvalue weighted by molar-refractivity contribution is 0.102. The normalized spacial score (nSPS) is 11.8. The third kappa shape index (κ3) is 3.82. The standard InChI is InChI=1S/C25H24N4O/c1-16-23(17(2)29-28-16)24(18-8-4-3-5-9-18)19-12-14-20(15-13-19)25(30)27-22-11-7-6-10-21(22)26/h3-15,24H,26H2,1-2H3,(H,27,30)(H,28,29). The second-order valence-electron chi connectivity index (χ2n) is 7.35. The van der Waals surface area contributed by atoms with Gasteiger partial charge in [0.1, 0.15) is 0 Å². The molecule has 0 bridgehead atoms. The molecule has 0 aliphatic carbocycles. The third-order valence-electron chi connectivity index (χ3n) is 5.32. The van der Waals surface area contributed by atoms with Crippen molar-refractivity contribution in [1.82, 2.24) is 10.2 Å². The fraction of sp³-hybridized carbons (Fsp3) is 0.120. The number of para-hydroxylation sites is 2. The number of anilines is 2. The van der Waals surface area contributed by atoms with Crippen molar-refractivity contribution in [3.63, 3.8) is 0 Å². The number of H-pyrrole nitrogens is 1. The van der Waals surface area contributed by atoms with E-state index in [9.17, 15) is 4.79 Å². The summed E-state index contributed by atoms with van der Waals surface area (Å²) in [5.74, 6) is -0.154. The van der Waals surface area contributed by atoms with Crippen LogP contribution in [0, 0.1) is 13.8 Å². The molecule has 4 aromatic rings. The highest BCUT2D eigenvalue weighted by Gasteiger charge is 2.22. The van der Waals surface area contributed by atoms with Gasteiger partial charge in [-0.2, -0.15) is 5.10 Å². The van der Waals surface area contributed by atoms with Crippen LogP contribution in [0.1, 0.15) is 44.4 Å². The summed E-state index contributed by atoms with van der Waals surface area (Å²) in [6.07, 6.45) is 0. The molecular formula is C25H24N4O. The van der Waals surface area contributed by atoms with Crippen LogP contribution in [0.25, 0.3) is 0 Å². The Morgan fingerprint density at radius 1 is 0.900 bits per heavy atom. The lowest BCUT2D eigenvalue weighted by Gasteiger charge is -2.19. The summed E-state index contributed by atoms with van der Waals surface area (Å²) in [7, 11) is 0. The van der Waals surface area contributed by atoms with E-state index in [-0.39, 0.29) is 11.8 Å². The average molecular weight is 396 g/mol. The van der Waals surface area contributed by atoms with Crippen molar-refractivity contribution < 1.29 is 4.79 Å². The Labute approximate surface area is 176 Å². The van der Waals surface area contributed by atoms with Gasteiger partial charge in [-0.3, -0.25) is 9.89 Å². The van der Waals surface area contributed by atoms with Gasteiger partial charge in [0, 0.05) is 22.7 Å². The molecule has 5 heteroatoms. The second-order valence-corrected chi connectivity index (χ2v) is 7.35. The molecule has 0 aliphatic heterocycles. The molecule has 1 amide bonds. The molecule has 1 unspecified atom stereocenters. The number of aromatic amines is 1. The molecule has 30 heavy (non-hydrogen) atoms. The third-order valence-corrected chi connectivity index (χ3v) is 5.32. The first-order chi connectivity index (χ1) is 14.5. The Morgan fingerprint density at radius 2 is 1.53 bits per heavy atom. The molecule has 150 valence electrons. The number of aryl methyl sites for hydroxylation is 2. The van der Waals surface area contributed by atoms with E-state index in [1.165, 1.54) is 5.56 Å². The zero-order valence-electron chi connectivity index (χ0n) is 17.0. The molecule has 0 radical (unpaired) electrons. The van der Waals surface area contributed by atoms with Crippen LogP contribution < -0.4 is 11.1 Å². The largest absolute Gasteiger partial charge is 0.397 e. The Bertz CT molecular complexity index is 1140. The Hall–Kier alpha value is -3.86. The van der Waals surface area contributed by atoms with Crippen molar-refractivity contribution in [3.05, 3.63) is 113 Å². The van der Waals surface area contributed by atoms with Gasteiger partial charge >= 0.3 is 0 Å². The van der Waals surface area contributed by atoms with E-state index in [0.717, 1.165) is 22.5 Å². The Morgan fingerprint density at radius 3 is 2.17 bits per heavy atom. The van der Waals surface area contributed by atoms with Crippen LogP contribution in [0.5, 0.6) is 0 Å². The summed E-state index contributed by atoms with van der Waals surface area (Å²) < 4.78 is 0. The maximum atomic E-state index is 12.7. The molecule has 3 aromatic carbocycles. The molecule has 4 rings (SSSR count). The number of nitrogens with zero attached hydrogens (tertiary/aromatic N) is 1. The van der Waals surface area contributed by atoms with E-state index in [1.54, 1.807) is 12.1 Å². The fourth-order valence-corrected chi connectivity index (χ4v) is 3.79. The van der Waals surface area contributed by atoms with E-state index in [1.807, 2.05) is 68.4 Å². The lowest BCUT2D eigenvalue weighted by Crippen LogP contribution is -2.13. The highest BCUT2D eigenvalue weighted by Crippen LogP contribution is 2.35. The number of nitrogen functional groups attached to an aromatic ring is 1. The van der Waals surface area contributed by atoms with Crippen LogP contribution >= 0.6 is 0 Å². The number of benzene rings is 3. The summed E-state index contributed by atoms with van der Waals surface area (Å²) in [6, 6.07) is 25.3. The van der Waals surface area contributed by atoms with Crippen molar-refractivity contribution in [2.24, 2.45) is 0 Å². The van der Waals surface area contributed by atoms with Crippen LogP contribution in [0.2, 0.25) is 0 Å². The summed E-state index contributed by atoms with van der Waals surface area (Å²) in [6.45, 7) is 4.05. The summed E-state index contributed by atoms with van der Waals surface area (Å²) in [4.78, 5) is 12.7. The molecular weight excluding hydrogens is 372 g/mol. The molecule has 1 aromatic heterocycles. The molecule has 0 saturated heterocycles. The number of nitrogens with one attached hydrogen (secondary N) is 2. The SMILES string of the molecule is Cc1n[nH]c(C)c1C(c1ccccc1)c1ccc(C(=O)Nc2ccccc2N)cc1. The van der Waals surface area contributed by atoms with E-state index in [4.69, 9.17) is 5.73 Å². The first-order valence-corrected chi connectivity index (χ1v) is 9.87. The predicted octanol–water partition coefficient (Wildman–Crippen LogP) is 5.04. The van der Waals surface area contributed by atoms with Crippen molar-refractivity contribution in [1.29, 1.82) is 0 Å². The lowest BCUT2D eigenvalue weighted by atomic mass is 9.84. The number of nitrogens with two attached hydrogens (primary N) is 1. The van der Waals surface area contributed by atoms with Crippen LogP contribution in [0.3, 0.4) is 0 Å². The molecule has 1 atom stereocenters. The smallest absolute Gasteiger partial charge is 0.255 e. The molecule has 1 heterocycles. The number of hydrogen-bond acceptors (Lipinski definition) is 3. The average Bonchev–Trinajstić information content (AvgIpc) is 3.09. The van der Waals surface area contributed by atoms with Crippen LogP contribution in [-0.4, -0.2) is 16.1 Å². The van der Waals surface area contributed by atoms with Crippen molar-refractivity contribution in [2.75, 3.05) is 11.1 Å². The highest BCUT2D eigenvalue weighted by atomic mass is 16.1. The van der Waals surface area contributed by atoms with Gasteiger partial charge in [-0.15, -0.1) is 0 Å². The maximum absolute atomic E-state index is 12.7. The van der Waals surface area contributed by atoms with E-state index < -0.39 is 0 Å². The quantitative estimate of drug-likeness (QED) is 0.413. The molecule has 0 saturated carbocycles. The minimum Gasteiger partial charge on any atom is -0.397 e. The molecule has 5 nitrogen and oxygen atoms in total. The molecule has 0 spiro atoms. The van der Waals surface area contributed by atoms with E-state index >= 15 is 0 Å². The van der Waals surface area contributed by atoms with Gasteiger partial charge in [-0.25, -0.2) is 0 Å². The topological polar surface area (TPSA) is 83.8 Å². The summed E-state index contributed by atoms with van der Waals surface area (Å²) in [5.41, 5.74) is 13.1. The predicted molar refractivity (Wildman–Crippen MR) is 121 cm³/mol. The highest BCUT2D eigenvalue weighted by molar-refractivity contribution is 6.05. The van der Waals surface area contributed by atoms with Gasteiger partial charge in [0.05, 0.1) is 17.1 Å². The van der Waals surface area contributed by atoms with Gasteiger partial charge in [-0.1, -0.05) is 54.6 Å². The first kappa shape index (κ1) is 19.5. The molecule has 0 aliphatic rings. The van der Waals surface area contributed by atoms with Crippen LogP contribution in [-0.2, 0) is 0 Å². The zero-order valence-corrected chi connectivity index (χ0v) is 17.0. The van der Waals surface area contributed by atoms with Gasteiger partial charge in [0.2, 0.25) is 0 Å². The second kappa shape index (κ2) is 8.25. The number of amides is 1. The summed E-state index contributed by atoms with van der Waals surface area (Å²) in [5, 5.41) is 10.4. The molecule has 0 fully saturated rings. The molecule has 4 N–H and O–H groups in total. The fourth-order valence-electron chi connectivity index (χ4n) is 3.79. The van der Waals surface area contributed by atoms with E-state index in [0.29, 0.717) is 16.9 Å². The number of hydrogen-bond donors (Lipinski definition) is 3. The van der Waals surface area contributed by atoms with Gasteiger partial charge < -0.3 is 11.1 Å². The first-order valence-electron chi connectivity index (χ1n) is 9.87. The van der Waals surface area contributed by atoms with Crippen LogP contribution in [0.15, 0.2) is 78.9 Å². The maximum Gasteiger partial charge on any atom is 0.255 e. The van der Waals surface area contributed by atoms with Crippen LogP contribution in [0.4, 0.5) is 11.4 Å². The van der Waals surface area contributed by atoms with E-state index in [2.05, 4.69) is 27.6 Å². The van der Waals surface area contributed by atoms with Gasteiger partial charge in [-0.05, 0) is 49.2 Å². The Kier molecular flexibility index (Phi) is 5.35. The number of carbonyl (C=O) groups excluding carboxylic acids is 1. The minimum atomic E-state index is -0.189. The number of carbonyl (C=O) groups is 1. The number of rotatable bonds is 5. The van der Waals surface area contributed by atoms with Gasteiger partial charge in [0.15, 0.2) is 0 Å². The van der Waals surface area contributed by atoms with Gasteiger partial charge in [0.25, 0.3) is 5.91 Å². The monoisotopic (exact) mass is 396 g/mol. The number of aromatic nitrogens is 2. The Balaban J connectivity index is 1.67. The minimum absolute atomic E-state index is 0.0341. The van der Waals surface area contributed by atoms with Crippen molar-refractivity contribution in [3.8, 4) is 0 Å². The summed E-state index contributed by atoms with van der Waals surface area (Å²) >= 11 is 0. The van der Waals surface area contributed by atoms with Crippen molar-refractivity contribution in [2.45, 2.75) is 19.8 Å². The van der Waals surface area contributed by atoms with Crippen molar-refractivity contribution >= 4 is 17.3 Å². The zero-order chi connectivity index (χ0) is 21.1.